The highest BCUT2D eigenvalue weighted by Crippen LogP contribution is 2.35. The minimum absolute atomic E-state index is 0.0446. The van der Waals surface area contributed by atoms with Gasteiger partial charge in [-0.25, -0.2) is 4.39 Å². The molecule has 1 N–H and O–H groups in total. The van der Waals surface area contributed by atoms with E-state index in [1.807, 2.05) is 6.07 Å². The summed E-state index contributed by atoms with van der Waals surface area (Å²) in [5.74, 6) is -0.363. The zero-order valence-electron chi connectivity index (χ0n) is 12.0. The normalized spacial score (nSPS) is 12.7. The number of thiophene rings is 1. The molecule has 0 aliphatic rings. The first-order valence-corrected chi connectivity index (χ1v) is 7.98. The molecule has 20 heavy (non-hydrogen) atoms. The lowest BCUT2D eigenvalue weighted by molar-refractivity contribution is 0.590. The van der Waals surface area contributed by atoms with Gasteiger partial charge in [0, 0.05) is 9.75 Å². The van der Waals surface area contributed by atoms with Crippen molar-refractivity contribution in [3.8, 4) is 0 Å². The van der Waals surface area contributed by atoms with Crippen molar-refractivity contribution in [1.82, 2.24) is 5.32 Å². The van der Waals surface area contributed by atoms with Crippen LogP contribution in [-0.2, 0) is 0 Å². The van der Waals surface area contributed by atoms with E-state index in [1.54, 1.807) is 17.4 Å². The van der Waals surface area contributed by atoms with E-state index in [2.05, 4.69) is 32.2 Å². The fourth-order valence-electron chi connectivity index (χ4n) is 2.32. The lowest BCUT2D eigenvalue weighted by Crippen LogP contribution is -2.23. The van der Waals surface area contributed by atoms with Crippen molar-refractivity contribution in [1.29, 1.82) is 0 Å². The molecule has 0 aliphatic carbocycles. The second-order valence-corrected chi connectivity index (χ2v) is 6.60. The third-order valence-corrected chi connectivity index (χ3v) is 4.85. The maximum Gasteiger partial charge on any atom is 0.142 e. The van der Waals surface area contributed by atoms with E-state index >= 15 is 0 Å². The SMILES string of the molecule is CCCNC(c1cccc(F)c1Cl)c1sc(C)cc1C. The summed E-state index contributed by atoms with van der Waals surface area (Å²) >= 11 is 7.90. The van der Waals surface area contributed by atoms with Gasteiger partial charge in [-0.2, -0.15) is 0 Å². The van der Waals surface area contributed by atoms with Crippen molar-refractivity contribution in [2.45, 2.75) is 33.2 Å². The molecule has 1 unspecified atom stereocenters. The molecule has 4 heteroatoms. The predicted molar refractivity (Wildman–Crippen MR) is 85.3 cm³/mol. The van der Waals surface area contributed by atoms with Crippen LogP contribution in [0.2, 0.25) is 5.02 Å². The van der Waals surface area contributed by atoms with Crippen LogP contribution in [0.25, 0.3) is 0 Å². The van der Waals surface area contributed by atoms with Gasteiger partial charge in [-0.05, 0) is 50.1 Å². The molecular formula is C16H19ClFNS. The average Bonchev–Trinajstić information content (AvgIpc) is 2.74. The summed E-state index contributed by atoms with van der Waals surface area (Å²) in [4.78, 5) is 2.47. The van der Waals surface area contributed by atoms with Gasteiger partial charge in [-0.15, -0.1) is 11.3 Å². The Kier molecular flexibility index (Phi) is 5.19. The second-order valence-electron chi connectivity index (χ2n) is 4.93. The van der Waals surface area contributed by atoms with Crippen molar-refractivity contribution in [3.05, 3.63) is 56.0 Å². The third kappa shape index (κ3) is 3.22. The van der Waals surface area contributed by atoms with Gasteiger partial charge in [-0.3, -0.25) is 0 Å². The predicted octanol–water partition coefficient (Wildman–Crippen LogP) is 5.25. The molecule has 0 saturated carbocycles. The smallest absolute Gasteiger partial charge is 0.142 e. The quantitative estimate of drug-likeness (QED) is 0.795. The van der Waals surface area contributed by atoms with Gasteiger partial charge < -0.3 is 5.32 Å². The van der Waals surface area contributed by atoms with Crippen LogP contribution in [0.3, 0.4) is 0 Å². The Morgan fingerprint density at radius 2 is 2.10 bits per heavy atom. The Morgan fingerprint density at radius 3 is 2.70 bits per heavy atom. The van der Waals surface area contributed by atoms with Crippen LogP contribution in [0, 0.1) is 19.7 Å². The fourth-order valence-corrected chi connectivity index (χ4v) is 3.69. The van der Waals surface area contributed by atoms with E-state index < -0.39 is 0 Å². The first kappa shape index (κ1) is 15.5. The Morgan fingerprint density at radius 1 is 1.35 bits per heavy atom. The summed E-state index contributed by atoms with van der Waals surface area (Å²) < 4.78 is 13.7. The highest BCUT2D eigenvalue weighted by atomic mass is 35.5. The topological polar surface area (TPSA) is 12.0 Å². The van der Waals surface area contributed by atoms with Crippen molar-refractivity contribution in [3.63, 3.8) is 0 Å². The van der Waals surface area contributed by atoms with Crippen LogP contribution in [0.4, 0.5) is 4.39 Å². The molecule has 0 saturated heterocycles. The van der Waals surface area contributed by atoms with Gasteiger partial charge in [-0.1, -0.05) is 30.7 Å². The molecule has 1 nitrogen and oxygen atoms in total. The van der Waals surface area contributed by atoms with Gasteiger partial charge in [0.2, 0.25) is 0 Å². The average molecular weight is 312 g/mol. The first-order valence-electron chi connectivity index (χ1n) is 6.78. The summed E-state index contributed by atoms with van der Waals surface area (Å²) in [6, 6.07) is 7.13. The molecule has 2 aromatic rings. The van der Waals surface area contributed by atoms with Crippen molar-refractivity contribution >= 4 is 22.9 Å². The molecule has 0 bridgehead atoms. The van der Waals surface area contributed by atoms with E-state index in [4.69, 9.17) is 11.6 Å². The van der Waals surface area contributed by atoms with Crippen LogP contribution in [0.5, 0.6) is 0 Å². The molecule has 0 amide bonds. The van der Waals surface area contributed by atoms with Crippen molar-refractivity contribution in [2.75, 3.05) is 6.54 Å². The Hall–Kier alpha value is -0.900. The molecule has 0 fully saturated rings. The lowest BCUT2D eigenvalue weighted by atomic mass is 10.0. The fraction of sp³-hybridized carbons (Fsp3) is 0.375. The summed E-state index contributed by atoms with van der Waals surface area (Å²) in [6.07, 6.45) is 1.02. The molecule has 2 rings (SSSR count). The van der Waals surface area contributed by atoms with E-state index in [1.165, 1.54) is 21.4 Å². The van der Waals surface area contributed by atoms with E-state index in [0.29, 0.717) is 0 Å². The zero-order valence-corrected chi connectivity index (χ0v) is 13.5. The summed E-state index contributed by atoms with van der Waals surface area (Å²) in [5, 5.41) is 3.70. The van der Waals surface area contributed by atoms with Crippen LogP contribution >= 0.6 is 22.9 Å². The molecule has 1 heterocycles. The van der Waals surface area contributed by atoms with Crippen LogP contribution in [-0.4, -0.2) is 6.54 Å². The number of hydrogen-bond donors (Lipinski definition) is 1. The molecular weight excluding hydrogens is 293 g/mol. The summed E-state index contributed by atoms with van der Waals surface area (Å²) in [7, 11) is 0. The minimum Gasteiger partial charge on any atom is -0.306 e. The van der Waals surface area contributed by atoms with Crippen LogP contribution < -0.4 is 5.32 Å². The molecule has 1 aromatic heterocycles. The summed E-state index contributed by atoms with van der Waals surface area (Å²) in [6.45, 7) is 7.16. The van der Waals surface area contributed by atoms with Gasteiger partial charge in [0.1, 0.15) is 5.82 Å². The molecule has 0 radical (unpaired) electrons. The maximum atomic E-state index is 13.7. The number of halogens is 2. The molecule has 0 aliphatic heterocycles. The van der Waals surface area contributed by atoms with Crippen molar-refractivity contribution in [2.24, 2.45) is 0 Å². The highest BCUT2D eigenvalue weighted by molar-refractivity contribution is 7.12. The number of rotatable bonds is 5. The lowest BCUT2D eigenvalue weighted by Gasteiger charge is -2.20. The standard InChI is InChI=1S/C16H19ClFNS/c1-4-8-19-15(16-10(2)9-11(3)20-16)12-6-5-7-13(18)14(12)17/h5-7,9,15,19H,4,8H2,1-3H3. The van der Waals surface area contributed by atoms with Gasteiger partial charge >= 0.3 is 0 Å². The monoisotopic (exact) mass is 311 g/mol. The molecule has 108 valence electrons. The largest absolute Gasteiger partial charge is 0.306 e. The Bertz CT molecular complexity index is 594. The van der Waals surface area contributed by atoms with E-state index in [9.17, 15) is 4.39 Å². The zero-order chi connectivity index (χ0) is 14.7. The Labute approximate surface area is 128 Å². The summed E-state index contributed by atoms with van der Waals surface area (Å²) in [5.41, 5.74) is 2.03. The Balaban J connectivity index is 2.47. The van der Waals surface area contributed by atoms with E-state index in [0.717, 1.165) is 18.5 Å². The number of aryl methyl sites for hydroxylation is 2. The van der Waals surface area contributed by atoms with Gasteiger partial charge in [0.15, 0.2) is 0 Å². The number of nitrogens with one attached hydrogen (secondary N) is 1. The molecule has 1 atom stereocenters. The van der Waals surface area contributed by atoms with Crippen LogP contribution in [0.15, 0.2) is 24.3 Å². The van der Waals surface area contributed by atoms with Crippen LogP contribution in [0.1, 0.15) is 40.3 Å². The third-order valence-electron chi connectivity index (χ3n) is 3.23. The number of benzene rings is 1. The van der Waals surface area contributed by atoms with Crippen molar-refractivity contribution < 1.29 is 4.39 Å². The second kappa shape index (κ2) is 6.70. The maximum absolute atomic E-state index is 13.7. The van der Waals surface area contributed by atoms with Gasteiger partial charge in [0.05, 0.1) is 11.1 Å². The van der Waals surface area contributed by atoms with E-state index in [-0.39, 0.29) is 16.9 Å². The number of hydrogen-bond acceptors (Lipinski definition) is 2. The molecule has 1 aromatic carbocycles. The highest BCUT2D eigenvalue weighted by Gasteiger charge is 2.21. The molecule has 0 spiro atoms. The van der Waals surface area contributed by atoms with Gasteiger partial charge in [0.25, 0.3) is 0 Å². The first-order chi connectivity index (χ1) is 9.54. The minimum atomic E-state index is -0.363.